The van der Waals surface area contributed by atoms with Crippen LogP contribution in [0.5, 0.6) is 0 Å². The van der Waals surface area contributed by atoms with Gasteiger partial charge in [0.15, 0.2) is 0 Å². The molecule has 19 heavy (non-hydrogen) atoms. The predicted molar refractivity (Wildman–Crippen MR) is 71.8 cm³/mol. The molecule has 2 fully saturated rings. The first kappa shape index (κ1) is 14.2. The number of amides is 2. The zero-order valence-electron chi connectivity index (χ0n) is 11.8. The predicted octanol–water partition coefficient (Wildman–Crippen LogP) is 1.93. The smallest absolute Gasteiger partial charge is 0.317 e. The highest BCUT2D eigenvalue weighted by molar-refractivity contribution is 5.77. The van der Waals surface area contributed by atoms with E-state index < -0.39 is 11.9 Å². The van der Waals surface area contributed by atoms with Crippen LogP contribution < -0.4 is 5.32 Å². The molecule has 1 saturated heterocycles. The van der Waals surface area contributed by atoms with E-state index in [0.717, 1.165) is 0 Å². The highest BCUT2D eigenvalue weighted by atomic mass is 16.4. The van der Waals surface area contributed by atoms with Crippen molar-refractivity contribution in [2.45, 2.75) is 45.6 Å². The average molecular weight is 268 g/mol. The number of likely N-dealkylation sites (tertiary alicyclic amines) is 1. The Labute approximate surface area is 114 Å². The van der Waals surface area contributed by atoms with E-state index in [-0.39, 0.29) is 18.0 Å². The number of carbonyl (C=O) groups is 2. The molecule has 2 N–H and O–H groups in total. The van der Waals surface area contributed by atoms with Crippen LogP contribution in [0.4, 0.5) is 4.79 Å². The van der Waals surface area contributed by atoms with E-state index >= 15 is 0 Å². The van der Waals surface area contributed by atoms with Crippen molar-refractivity contribution in [1.82, 2.24) is 10.2 Å². The lowest BCUT2D eigenvalue weighted by atomic mass is 9.99. The zero-order chi connectivity index (χ0) is 14.0. The number of aliphatic carboxylic acids is 1. The van der Waals surface area contributed by atoms with Gasteiger partial charge in [0.2, 0.25) is 0 Å². The van der Waals surface area contributed by atoms with E-state index in [9.17, 15) is 9.59 Å². The maximum absolute atomic E-state index is 12.1. The van der Waals surface area contributed by atoms with Crippen LogP contribution in [0.3, 0.4) is 0 Å². The minimum atomic E-state index is -0.799. The van der Waals surface area contributed by atoms with Gasteiger partial charge in [-0.15, -0.1) is 0 Å². The summed E-state index contributed by atoms with van der Waals surface area (Å²) < 4.78 is 0. The average Bonchev–Trinajstić information content (AvgIpc) is 2.96. The highest BCUT2D eigenvalue weighted by Crippen LogP contribution is 2.28. The first-order valence-corrected chi connectivity index (χ1v) is 7.27. The molecule has 1 heterocycles. The van der Waals surface area contributed by atoms with Gasteiger partial charge >= 0.3 is 12.0 Å². The van der Waals surface area contributed by atoms with Crippen molar-refractivity contribution in [3.05, 3.63) is 0 Å². The summed E-state index contributed by atoms with van der Waals surface area (Å²) in [6.07, 6.45) is 4.89. The van der Waals surface area contributed by atoms with E-state index in [1.165, 1.54) is 25.7 Å². The van der Waals surface area contributed by atoms with Gasteiger partial charge in [-0.3, -0.25) is 4.79 Å². The summed E-state index contributed by atoms with van der Waals surface area (Å²) in [4.78, 5) is 24.8. The monoisotopic (exact) mass is 268 g/mol. The van der Waals surface area contributed by atoms with Crippen LogP contribution in [0.15, 0.2) is 0 Å². The zero-order valence-corrected chi connectivity index (χ0v) is 11.8. The summed E-state index contributed by atoms with van der Waals surface area (Å²) in [5.74, 6) is -0.608. The molecule has 3 atom stereocenters. The minimum Gasteiger partial charge on any atom is -0.481 e. The molecule has 5 heteroatoms. The molecule has 108 valence electrons. The lowest BCUT2D eigenvalue weighted by Crippen LogP contribution is -2.45. The molecule has 2 aliphatic rings. The van der Waals surface area contributed by atoms with Gasteiger partial charge in [0.05, 0.1) is 5.92 Å². The number of nitrogens with one attached hydrogen (secondary N) is 1. The normalized spacial score (nSPS) is 29.5. The van der Waals surface area contributed by atoms with Gasteiger partial charge in [0.25, 0.3) is 0 Å². The Morgan fingerprint density at radius 1 is 1.26 bits per heavy atom. The molecule has 3 unspecified atom stereocenters. The summed E-state index contributed by atoms with van der Waals surface area (Å²) in [6.45, 7) is 4.83. The number of carboxylic acids is 1. The minimum absolute atomic E-state index is 0.0324. The van der Waals surface area contributed by atoms with Crippen LogP contribution in [0.2, 0.25) is 0 Å². The fourth-order valence-corrected chi connectivity index (χ4v) is 3.32. The van der Waals surface area contributed by atoms with Crippen LogP contribution >= 0.6 is 0 Å². The molecule has 1 aliphatic heterocycles. The second-order valence-electron chi connectivity index (χ2n) is 6.11. The van der Waals surface area contributed by atoms with E-state index in [2.05, 4.69) is 12.2 Å². The molecule has 0 aromatic carbocycles. The molecule has 2 amide bonds. The van der Waals surface area contributed by atoms with Gasteiger partial charge in [-0.1, -0.05) is 19.8 Å². The van der Waals surface area contributed by atoms with Crippen LogP contribution in [-0.4, -0.2) is 41.1 Å². The maximum atomic E-state index is 12.1. The van der Waals surface area contributed by atoms with Gasteiger partial charge < -0.3 is 15.3 Å². The topological polar surface area (TPSA) is 69.6 Å². The summed E-state index contributed by atoms with van der Waals surface area (Å²) in [7, 11) is 0. The third-order valence-corrected chi connectivity index (χ3v) is 4.67. The summed E-state index contributed by atoms with van der Waals surface area (Å²) >= 11 is 0. The summed E-state index contributed by atoms with van der Waals surface area (Å²) in [6, 6.07) is 0.0872. The van der Waals surface area contributed by atoms with Crippen LogP contribution in [0, 0.1) is 17.8 Å². The van der Waals surface area contributed by atoms with Gasteiger partial charge in [0.1, 0.15) is 0 Å². The Morgan fingerprint density at radius 2 is 1.89 bits per heavy atom. The van der Waals surface area contributed by atoms with Gasteiger partial charge in [0, 0.05) is 19.1 Å². The second kappa shape index (κ2) is 5.80. The van der Waals surface area contributed by atoms with Gasteiger partial charge in [-0.25, -0.2) is 4.79 Å². The lowest BCUT2D eigenvalue weighted by Gasteiger charge is -2.24. The molecule has 1 aliphatic carbocycles. The van der Waals surface area contributed by atoms with E-state index in [1.54, 1.807) is 4.90 Å². The maximum Gasteiger partial charge on any atom is 0.317 e. The number of carbonyl (C=O) groups excluding carboxylic acids is 1. The van der Waals surface area contributed by atoms with Crippen LogP contribution in [0.1, 0.15) is 39.5 Å². The van der Waals surface area contributed by atoms with Crippen molar-refractivity contribution in [2.24, 2.45) is 17.8 Å². The Bertz CT molecular complexity index is 353. The second-order valence-corrected chi connectivity index (χ2v) is 6.11. The van der Waals surface area contributed by atoms with Crippen molar-refractivity contribution >= 4 is 12.0 Å². The Kier molecular flexibility index (Phi) is 4.32. The van der Waals surface area contributed by atoms with Crippen molar-refractivity contribution in [1.29, 1.82) is 0 Å². The third kappa shape index (κ3) is 3.19. The molecule has 0 bridgehead atoms. The molecule has 0 radical (unpaired) electrons. The van der Waals surface area contributed by atoms with Crippen molar-refractivity contribution in [2.75, 3.05) is 13.1 Å². The first-order chi connectivity index (χ1) is 8.99. The number of nitrogens with zero attached hydrogens (tertiary/aromatic N) is 1. The molecule has 0 aromatic rings. The summed E-state index contributed by atoms with van der Waals surface area (Å²) in [5.41, 5.74) is 0. The molecule has 5 nitrogen and oxygen atoms in total. The third-order valence-electron chi connectivity index (χ3n) is 4.67. The quantitative estimate of drug-likeness (QED) is 0.821. The molecule has 0 spiro atoms. The van der Waals surface area contributed by atoms with Crippen molar-refractivity contribution in [3.8, 4) is 0 Å². The largest absolute Gasteiger partial charge is 0.481 e. The Balaban J connectivity index is 1.85. The Morgan fingerprint density at radius 3 is 2.42 bits per heavy atom. The van der Waals surface area contributed by atoms with Gasteiger partial charge in [-0.05, 0) is 31.6 Å². The highest BCUT2D eigenvalue weighted by Gasteiger charge is 2.37. The molecule has 1 saturated carbocycles. The molecular weight excluding hydrogens is 244 g/mol. The van der Waals surface area contributed by atoms with Gasteiger partial charge in [-0.2, -0.15) is 0 Å². The number of urea groups is 1. The van der Waals surface area contributed by atoms with E-state index in [4.69, 9.17) is 5.11 Å². The Hall–Kier alpha value is -1.26. The van der Waals surface area contributed by atoms with E-state index in [0.29, 0.717) is 19.0 Å². The first-order valence-electron chi connectivity index (χ1n) is 7.27. The van der Waals surface area contributed by atoms with Crippen molar-refractivity contribution in [3.63, 3.8) is 0 Å². The number of rotatable bonds is 3. The molecular formula is C14H24N2O3. The fourth-order valence-electron chi connectivity index (χ4n) is 3.32. The van der Waals surface area contributed by atoms with E-state index in [1.807, 2.05) is 6.92 Å². The number of hydrogen-bond donors (Lipinski definition) is 2. The fraction of sp³-hybridized carbons (Fsp3) is 0.857. The van der Waals surface area contributed by atoms with Crippen molar-refractivity contribution < 1.29 is 14.7 Å². The standard InChI is InChI=1S/C14H24N2O3/c1-9-7-16(8-12(9)13(17)18)14(19)15-10(2)11-5-3-4-6-11/h9-12H,3-8H2,1-2H3,(H,15,19)(H,17,18). The molecule has 0 aromatic heterocycles. The van der Waals surface area contributed by atoms with Crippen LogP contribution in [-0.2, 0) is 4.79 Å². The lowest BCUT2D eigenvalue weighted by molar-refractivity contribution is -0.142. The number of carboxylic acid groups (broad SMARTS) is 1. The molecule has 2 rings (SSSR count). The van der Waals surface area contributed by atoms with Crippen LogP contribution in [0.25, 0.3) is 0 Å². The SMILES string of the molecule is CC1CN(C(=O)NC(C)C2CCCC2)CC1C(=O)O. The summed E-state index contributed by atoms with van der Waals surface area (Å²) in [5, 5.41) is 12.1. The number of hydrogen-bond acceptors (Lipinski definition) is 2.